The van der Waals surface area contributed by atoms with E-state index in [-0.39, 0.29) is 0 Å². The van der Waals surface area contributed by atoms with Gasteiger partial charge >= 0.3 is 0 Å². The number of aromatic nitrogens is 4. The van der Waals surface area contributed by atoms with Crippen molar-refractivity contribution in [1.82, 2.24) is 30.6 Å². The van der Waals surface area contributed by atoms with Crippen molar-refractivity contribution in [3.63, 3.8) is 0 Å². The molecule has 8 rings (SSSR count). The number of aromatic amines is 2. The van der Waals surface area contributed by atoms with Crippen LogP contribution < -0.4 is 10.6 Å². The molecule has 1 saturated carbocycles. The van der Waals surface area contributed by atoms with E-state index in [1.807, 2.05) is 6.20 Å². The molecule has 3 fully saturated rings. The van der Waals surface area contributed by atoms with Crippen LogP contribution in [0.4, 0.5) is 0 Å². The highest BCUT2D eigenvalue weighted by molar-refractivity contribution is 5.80. The number of hydrogen-bond acceptors (Lipinski definition) is 4. The van der Waals surface area contributed by atoms with E-state index in [1.54, 1.807) is 11.1 Å². The molecule has 4 aliphatic rings. The van der Waals surface area contributed by atoms with Crippen molar-refractivity contribution in [2.75, 3.05) is 13.1 Å². The van der Waals surface area contributed by atoms with Crippen molar-refractivity contribution in [3.8, 4) is 33.6 Å². The number of nitrogens with zero attached hydrogens (tertiary/aromatic N) is 2. The van der Waals surface area contributed by atoms with Crippen LogP contribution in [0.15, 0.2) is 48.8 Å². The van der Waals surface area contributed by atoms with Gasteiger partial charge in [0.15, 0.2) is 0 Å². The minimum Gasteiger partial charge on any atom is -0.341 e. The minimum atomic E-state index is 0.349. The molecule has 0 amide bonds. The summed E-state index contributed by atoms with van der Waals surface area (Å²) >= 11 is 0. The average Bonchev–Trinajstić information content (AvgIpc) is 3.78. The normalized spacial score (nSPS) is 27.9. The standard InChI is InChI=1S/C32H36N6/c1-18-13-26(34-15-18)32-36-17-28(38-32)24-11-10-23(29-21-8-9-22(14-21)30(24)29)19-4-6-20(7-5-19)27-16-35-31(37-27)25-3-2-12-33-25/h4-7,10-11,16-18,21-22,25-26,33-34H,2-3,8-9,12-15H2,1H3,(H,35,37)(H,36,38)/t18?,21?,22?,25-,26?/m0/s1. The number of fused-ring (bicyclic) bond motifs is 5. The van der Waals surface area contributed by atoms with Crippen molar-refractivity contribution < 1.29 is 0 Å². The summed E-state index contributed by atoms with van der Waals surface area (Å²) in [6, 6.07) is 14.5. The Kier molecular flexibility index (Phi) is 5.34. The highest BCUT2D eigenvalue weighted by Crippen LogP contribution is 2.58. The molecule has 6 heteroatoms. The summed E-state index contributed by atoms with van der Waals surface area (Å²) in [5.74, 6) is 4.21. The minimum absolute atomic E-state index is 0.349. The maximum absolute atomic E-state index is 4.81. The molecule has 4 heterocycles. The predicted octanol–water partition coefficient (Wildman–Crippen LogP) is 6.59. The zero-order chi connectivity index (χ0) is 25.2. The highest BCUT2D eigenvalue weighted by Gasteiger charge is 2.40. The molecule has 2 saturated heterocycles. The molecule has 4 N–H and O–H groups in total. The van der Waals surface area contributed by atoms with Crippen LogP contribution >= 0.6 is 0 Å². The van der Waals surface area contributed by atoms with Gasteiger partial charge in [0.25, 0.3) is 0 Å². The maximum Gasteiger partial charge on any atom is 0.123 e. The fourth-order valence-electron chi connectivity index (χ4n) is 7.69. The van der Waals surface area contributed by atoms with Gasteiger partial charge in [0.05, 0.1) is 35.9 Å². The second-order valence-electron chi connectivity index (χ2n) is 12.1. The molecule has 2 bridgehead atoms. The van der Waals surface area contributed by atoms with E-state index in [9.17, 15) is 0 Å². The monoisotopic (exact) mass is 504 g/mol. The molecule has 4 aromatic rings. The summed E-state index contributed by atoms with van der Waals surface area (Å²) in [4.78, 5) is 16.7. The third-order valence-electron chi connectivity index (χ3n) is 9.60. The van der Waals surface area contributed by atoms with E-state index in [2.05, 4.69) is 75.1 Å². The van der Waals surface area contributed by atoms with Crippen molar-refractivity contribution in [1.29, 1.82) is 0 Å². The molecule has 2 aromatic carbocycles. The van der Waals surface area contributed by atoms with Gasteiger partial charge in [-0.05, 0) is 97.2 Å². The molecule has 0 radical (unpaired) electrons. The first-order valence-electron chi connectivity index (χ1n) is 14.6. The Morgan fingerprint density at radius 3 is 2.11 bits per heavy atom. The Morgan fingerprint density at radius 2 is 1.37 bits per heavy atom. The molecule has 2 aromatic heterocycles. The van der Waals surface area contributed by atoms with Gasteiger partial charge in [-0.1, -0.05) is 43.3 Å². The second-order valence-corrected chi connectivity index (χ2v) is 12.1. The van der Waals surface area contributed by atoms with Crippen molar-refractivity contribution in [3.05, 3.63) is 71.6 Å². The molecule has 2 aliphatic carbocycles. The Hall–Kier alpha value is -3.22. The number of hydrogen-bond donors (Lipinski definition) is 4. The first-order chi connectivity index (χ1) is 18.7. The van der Waals surface area contributed by atoms with Crippen LogP contribution in [0.1, 0.15) is 92.1 Å². The van der Waals surface area contributed by atoms with Gasteiger partial charge in [-0.25, -0.2) is 9.97 Å². The van der Waals surface area contributed by atoms with Gasteiger partial charge in [-0.3, -0.25) is 0 Å². The lowest BCUT2D eigenvalue weighted by molar-refractivity contribution is 0.588. The van der Waals surface area contributed by atoms with Crippen molar-refractivity contribution >= 4 is 0 Å². The Bertz CT molecular complexity index is 1470. The van der Waals surface area contributed by atoms with E-state index in [4.69, 9.17) is 4.98 Å². The van der Waals surface area contributed by atoms with E-state index >= 15 is 0 Å². The van der Waals surface area contributed by atoms with Crippen molar-refractivity contribution in [2.45, 2.75) is 69.4 Å². The number of imidazole rings is 2. The summed E-state index contributed by atoms with van der Waals surface area (Å²) in [7, 11) is 0. The summed E-state index contributed by atoms with van der Waals surface area (Å²) in [5, 5.41) is 7.16. The van der Waals surface area contributed by atoms with Gasteiger partial charge in [-0.2, -0.15) is 0 Å². The zero-order valence-corrected chi connectivity index (χ0v) is 22.1. The molecular formula is C32H36N6. The molecular weight excluding hydrogens is 468 g/mol. The lowest BCUT2D eigenvalue weighted by Gasteiger charge is -2.22. The fourth-order valence-corrected chi connectivity index (χ4v) is 7.69. The number of H-pyrrole nitrogens is 2. The summed E-state index contributed by atoms with van der Waals surface area (Å²) in [5.41, 5.74) is 10.7. The average molecular weight is 505 g/mol. The number of nitrogens with one attached hydrogen (secondary N) is 4. The van der Waals surface area contributed by atoms with Crippen LogP contribution in [0.5, 0.6) is 0 Å². The van der Waals surface area contributed by atoms with E-state index < -0.39 is 0 Å². The summed E-state index contributed by atoms with van der Waals surface area (Å²) in [6.07, 6.45) is 11.5. The third kappa shape index (κ3) is 3.69. The molecule has 5 atom stereocenters. The molecule has 6 nitrogen and oxygen atoms in total. The Balaban J connectivity index is 1.12. The zero-order valence-electron chi connectivity index (χ0n) is 22.1. The van der Waals surface area contributed by atoms with Crippen LogP contribution in [0.25, 0.3) is 33.6 Å². The maximum atomic E-state index is 4.81. The van der Waals surface area contributed by atoms with Crippen LogP contribution in [0, 0.1) is 5.92 Å². The molecule has 38 heavy (non-hydrogen) atoms. The van der Waals surface area contributed by atoms with Gasteiger partial charge in [0.2, 0.25) is 0 Å². The topological polar surface area (TPSA) is 81.4 Å². The Labute approximate surface area is 224 Å². The molecule has 2 aliphatic heterocycles. The Morgan fingerprint density at radius 1 is 0.684 bits per heavy atom. The van der Waals surface area contributed by atoms with Gasteiger partial charge in [-0.15, -0.1) is 0 Å². The predicted molar refractivity (Wildman–Crippen MR) is 151 cm³/mol. The molecule has 194 valence electrons. The quantitative estimate of drug-likeness (QED) is 0.247. The summed E-state index contributed by atoms with van der Waals surface area (Å²) < 4.78 is 0. The van der Waals surface area contributed by atoms with Crippen molar-refractivity contribution in [2.24, 2.45) is 5.92 Å². The van der Waals surface area contributed by atoms with E-state index in [0.29, 0.717) is 29.8 Å². The largest absolute Gasteiger partial charge is 0.341 e. The van der Waals surface area contributed by atoms with Crippen LogP contribution in [0.2, 0.25) is 0 Å². The fraction of sp³-hybridized carbons (Fsp3) is 0.438. The SMILES string of the molecule is CC1CNC(c2ncc(-c3ccc(-c4ccc(-c5cnc([C@@H]6CCCN6)[nH]5)cc4)c4c3C3CCC4C3)[nH]2)C1. The van der Waals surface area contributed by atoms with Gasteiger partial charge < -0.3 is 20.6 Å². The van der Waals surface area contributed by atoms with Crippen LogP contribution in [-0.4, -0.2) is 33.0 Å². The summed E-state index contributed by atoms with van der Waals surface area (Å²) in [6.45, 7) is 4.47. The van der Waals surface area contributed by atoms with E-state index in [0.717, 1.165) is 43.3 Å². The lowest BCUT2D eigenvalue weighted by atomic mass is 9.82. The van der Waals surface area contributed by atoms with E-state index in [1.165, 1.54) is 53.6 Å². The smallest absolute Gasteiger partial charge is 0.123 e. The molecule has 4 unspecified atom stereocenters. The molecule has 0 spiro atoms. The third-order valence-corrected chi connectivity index (χ3v) is 9.60. The number of benzene rings is 2. The van der Waals surface area contributed by atoms with Gasteiger partial charge in [0, 0.05) is 5.56 Å². The van der Waals surface area contributed by atoms with Crippen LogP contribution in [-0.2, 0) is 0 Å². The second kappa shape index (κ2) is 8.92. The van der Waals surface area contributed by atoms with Gasteiger partial charge in [0.1, 0.15) is 11.6 Å². The van der Waals surface area contributed by atoms with Crippen LogP contribution in [0.3, 0.4) is 0 Å². The first kappa shape index (κ1) is 22.7. The lowest BCUT2D eigenvalue weighted by Crippen LogP contribution is -2.14. The highest BCUT2D eigenvalue weighted by atomic mass is 15.0. The number of rotatable bonds is 5. The first-order valence-corrected chi connectivity index (χ1v) is 14.6.